The minimum atomic E-state index is -3.33. The van der Waals surface area contributed by atoms with Crippen molar-refractivity contribution in [3.8, 4) is 0 Å². The first-order chi connectivity index (χ1) is 9.30. The molecule has 0 aliphatic carbocycles. The van der Waals surface area contributed by atoms with Crippen LogP contribution >= 0.6 is 0 Å². The highest BCUT2D eigenvalue weighted by Gasteiger charge is 2.17. The molecule has 0 aliphatic heterocycles. The highest BCUT2D eigenvalue weighted by atomic mass is 32.2. The molecule has 0 spiro atoms. The van der Waals surface area contributed by atoms with E-state index >= 15 is 0 Å². The van der Waals surface area contributed by atoms with Gasteiger partial charge in [-0.05, 0) is 11.6 Å². The summed E-state index contributed by atoms with van der Waals surface area (Å²) in [6.07, 6.45) is 4.43. The first-order valence-electron chi connectivity index (χ1n) is 6.42. The second-order valence-electron chi connectivity index (χ2n) is 4.90. The van der Waals surface area contributed by atoms with Gasteiger partial charge in [0, 0.05) is 37.9 Å². The van der Waals surface area contributed by atoms with Crippen molar-refractivity contribution < 1.29 is 13.2 Å². The van der Waals surface area contributed by atoms with Gasteiger partial charge in [0.2, 0.25) is 15.9 Å². The molecule has 0 radical (unpaired) electrons. The molecular weight excluding hydrogens is 278 g/mol. The molecule has 0 saturated heterocycles. The Morgan fingerprint density at radius 3 is 2.65 bits per heavy atom. The third-order valence-electron chi connectivity index (χ3n) is 2.74. The molecule has 20 heavy (non-hydrogen) atoms. The van der Waals surface area contributed by atoms with Crippen LogP contribution in [-0.4, -0.2) is 43.0 Å². The molecule has 6 nitrogen and oxygen atoms in total. The molecule has 0 unspecified atom stereocenters. The monoisotopic (exact) mass is 299 g/mol. The lowest BCUT2D eigenvalue weighted by molar-refractivity contribution is -0.123. The zero-order chi connectivity index (χ0) is 15.2. The van der Waals surface area contributed by atoms with E-state index < -0.39 is 10.0 Å². The maximum Gasteiger partial charge on any atom is 0.222 e. The fraction of sp³-hybridized carbons (Fsp3) is 0.538. The van der Waals surface area contributed by atoms with E-state index in [1.165, 1.54) is 4.31 Å². The van der Waals surface area contributed by atoms with Gasteiger partial charge in [-0.25, -0.2) is 8.42 Å². The second kappa shape index (κ2) is 7.35. The number of carbonyl (C=O) groups excluding carboxylic acids is 1. The lowest BCUT2D eigenvalue weighted by atomic mass is 10.2. The van der Waals surface area contributed by atoms with Crippen LogP contribution in [0.2, 0.25) is 0 Å². The summed E-state index contributed by atoms with van der Waals surface area (Å²) in [6.45, 7) is 4.37. The molecule has 1 rings (SSSR count). The Morgan fingerprint density at radius 1 is 1.45 bits per heavy atom. The van der Waals surface area contributed by atoms with Crippen LogP contribution in [0.1, 0.15) is 19.4 Å². The van der Waals surface area contributed by atoms with Gasteiger partial charge in [0.25, 0.3) is 0 Å². The van der Waals surface area contributed by atoms with E-state index in [0.717, 1.165) is 11.8 Å². The summed E-state index contributed by atoms with van der Waals surface area (Å²) in [4.78, 5) is 15.4. The molecule has 7 heteroatoms. The molecule has 1 heterocycles. The van der Waals surface area contributed by atoms with Gasteiger partial charge in [-0.15, -0.1) is 0 Å². The fourth-order valence-corrected chi connectivity index (χ4v) is 2.37. The average Bonchev–Trinajstić information content (AvgIpc) is 2.37. The number of hydrogen-bond donors (Lipinski definition) is 1. The number of amides is 1. The normalized spacial score (nSPS) is 11.8. The van der Waals surface area contributed by atoms with Crippen molar-refractivity contribution in [1.29, 1.82) is 0 Å². The molecule has 0 aliphatic rings. The van der Waals surface area contributed by atoms with Crippen molar-refractivity contribution in [2.45, 2.75) is 20.4 Å². The Bertz CT molecular complexity index is 529. The smallest absolute Gasteiger partial charge is 0.222 e. The van der Waals surface area contributed by atoms with E-state index in [4.69, 9.17) is 0 Å². The summed E-state index contributed by atoms with van der Waals surface area (Å²) in [6, 6.07) is 3.58. The lowest BCUT2D eigenvalue weighted by Crippen LogP contribution is -2.38. The van der Waals surface area contributed by atoms with Crippen molar-refractivity contribution in [3.63, 3.8) is 0 Å². The minimum absolute atomic E-state index is 0.0835. The first kappa shape index (κ1) is 16.6. The zero-order valence-electron chi connectivity index (χ0n) is 12.0. The van der Waals surface area contributed by atoms with Crippen LogP contribution in [-0.2, 0) is 21.4 Å². The van der Waals surface area contributed by atoms with E-state index in [1.54, 1.807) is 32.3 Å². The molecular formula is C13H21N3O3S. The molecule has 0 bridgehead atoms. The largest absolute Gasteiger partial charge is 0.355 e. The zero-order valence-corrected chi connectivity index (χ0v) is 12.9. The van der Waals surface area contributed by atoms with Crippen LogP contribution in [0.15, 0.2) is 24.5 Å². The van der Waals surface area contributed by atoms with Gasteiger partial charge < -0.3 is 5.32 Å². The number of aromatic nitrogens is 1. The standard InChI is InChI=1S/C13H21N3O3S/c1-11(2)13(17)15-7-8-16(20(3,18)19)10-12-5-4-6-14-9-12/h4-6,9,11H,7-8,10H2,1-3H3,(H,15,17). The van der Waals surface area contributed by atoms with Crippen LogP contribution < -0.4 is 5.32 Å². The van der Waals surface area contributed by atoms with Crippen LogP contribution in [0.5, 0.6) is 0 Å². The molecule has 1 aromatic rings. The van der Waals surface area contributed by atoms with Crippen LogP contribution in [0, 0.1) is 5.92 Å². The Labute approximate surface area is 120 Å². The number of sulfonamides is 1. The van der Waals surface area contributed by atoms with Gasteiger partial charge in [0.1, 0.15) is 0 Å². The van der Waals surface area contributed by atoms with Gasteiger partial charge in [0.15, 0.2) is 0 Å². The van der Waals surface area contributed by atoms with Crippen molar-refractivity contribution >= 4 is 15.9 Å². The maximum absolute atomic E-state index is 11.7. The highest BCUT2D eigenvalue weighted by Crippen LogP contribution is 2.06. The van der Waals surface area contributed by atoms with Gasteiger partial charge in [-0.2, -0.15) is 4.31 Å². The van der Waals surface area contributed by atoms with Gasteiger partial charge >= 0.3 is 0 Å². The maximum atomic E-state index is 11.7. The predicted molar refractivity (Wildman–Crippen MR) is 77.3 cm³/mol. The molecule has 0 fully saturated rings. The summed E-state index contributed by atoms with van der Waals surface area (Å²) < 4.78 is 24.8. The molecule has 0 saturated carbocycles. The third-order valence-corrected chi connectivity index (χ3v) is 3.99. The quantitative estimate of drug-likeness (QED) is 0.800. The van der Waals surface area contributed by atoms with E-state index in [2.05, 4.69) is 10.3 Å². The first-order valence-corrected chi connectivity index (χ1v) is 8.27. The van der Waals surface area contributed by atoms with E-state index in [0.29, 0.717) is 6.54 Å². The van der Waals surface area contributed by atoms with Gasteiger partial charge in [-0.1, -0.05) is 19.9 Å². The Kier molecular flexibility index (Phi) is 6.09. The van der Waals surface area contributed by atoms with Crippen LogP contribution in [0.4, 0.5) is 0 Å². The van der Waals surface area contributed by atoms with Crippen molar-refractivity contribution in [2.24, 2.45) is 5.92 Å². The highest BCUT2D eigenvalue weighted by molar-refractivity contribution is 7.88. The second-order valence-corrected chi connectivity index (χ2v) is 6.89. The third kappa shape index (κ3) is 5.66. The molecule has 112 valence electrons. The number of pyridine rings is 1. The van der Waals surface area contributed by atoms with E-state index in [1.807, 2.05) is 6.07 Å². The summed E-state index contributed by atoms with van der Waals surface area (Å²) >= 11 is 0. The fourth-order valence-electron chi connectivity index (χ4n) is 1.57. The summed E-state index contributed by atoms with van der Waals surface area (Å²) in [5.41, 5.74) is 0.813. The average molecular weight is 299 g/mol. The van der Waals surface area contributed by atoms with Crippen molar-refractivity contribution in [1.82, 2.24) is 14.6 Å². The number of nitrogens with zero attached hydrogens (tertiary/aromatic N) is 2. The summed E-state index contributed by atoms with van der Waals surface area (Å²) in [5.74, 6) is -0.195. The van der Waals surface area contributed by atoms with Crippen molar-refractivity contribution in [3.05, 3.63) is 30.1 Å². The van der Waals surface area contributed by atoms with E-state index in [9.17, 15) is 13.2 Å². The Morgan fingerprint density at radius 2 is 2.15 bits per heavy atom. The molecule has 0 atom stereocenters. The van der Waals surface area contributed by atoms with Gasteiger partial charge in [0.05, 0.1) is 6.26 Å². The summed E-state index contributed by atoms with van der Waals surface area (Å²) in [7, 11) is -3.33. The SMILES string of the molecule is CC(C)C(=O)NCCN(Cc1cccnc1)S(C)(=O)=O. The van der Waals surface area contributed by atoms with Gasteiger partial charge in [-0.3, -0.25) is 9.78 Å². The Hall–Kier alpha value is -1.47. The summed E-state index contributed by atoms with van der Waals surface area (Å²) in [5, 5.41) is 2.71. The topological polar surface area (TPSA) is 79.4 Å². The van der Waals surface area contributed by atoms with Crippen molar-refractivity contribution in [2.75, 3.05) is 19.3 Å². The number of hydrogen-bond acceptors (Lipinski definition) is 4. The molecule has 0 aromatic carbocycles. The van der Waals surface area contributed by atoms with Crippen LogP contribution in [0.25, 0.3) is 0 Å². The minimum Gasteiger partial charge on any atom is -0.355 e. The number of nitrogens with one attached hydrogen (secondary N) is 1. The lowest BCUT2D eigenvalue weighted by Gasteiger charge is -2.20. The molecule has 1 amide bonds. The van der Waals surface area contributed by atoms with E-state index in [-0.39, 0.29) is 24.9 Å². The number of rotatable bonds is 7. The van der Waals surface area contributed by atoms with Crippen LogP contribution in [0.3, 0.4) is 0 Å². The molecule has 1 aromatic heterocycles. The Balaban J connectivity index is 2.61. The number of carbonyl (C=O) groups is 1. The molecule has 1 N–H and O–H groups in total. The predicted octanol–water partition coefficient (Wildman–Crippen LogP) is 0.615.